The first-order valence-corrected chi connectivity index (χ1v) is 9.65. The molecule has 2 heterocycles. The van der Waals surface area contributed by atoms with E-state index in [1.807, 2.05) is 36.4 Å². The Kier molecular flexibility index (Phi) is 4.10. The third kappa shape index (κ3) is 2.96. The molecule has 1 aliphatic rings. The highest BCUT2D eigenvalue weighted by molar-refractivity contribution is 7.89. The molecule has 6 nitrogen and oxygen atoms in total. The van der Waals surface area contributed by atoms with Crippen molar-refractivity contribution in [1.29, 1.82) is 0 Å². The van der Waals surface area contributed by atoms with Crippen molar-refractivity contribution in [1.82, 2.24) is 19.5 Å². The van der Waals surface area contributed by atoms with Crippen LogP contribution in [0.25, 0.3) is 11.4 Å². The van der Waals surface area contributed by atoms with Crippen LogP contribution in [0.1, 0.15) is 24.7 Å². The highest BCUT2D eigenvalue weighted by atomic mass is 32.2. The molecule has 4 rings (SSSR count). The minimum absolute atomic E-state index is 0.310. The quantitative estimate of drug-likeness (QED) is 0.781. The number of H-pyrrole nitrogens is 1. The summed E-state index contributed by atoms with van der Waals surface area (Å²) in [4.78, 5) is 4.86. The number of sulfonamides is 1. The Morgan fingerprint density at radius 2 is 1.68 bits per heavy atom. The number of nitrogens with one attached hydrogen (secondary N) is 1. The van der Waals surface area contributed by atoms with Gasteiger partial charge in [0.2, 0.25) is 10.0 Å². The van der Waals surface area contributed by atoms with Gasteiger partial charge in [0, 0.05) is 12.1 Å². The Balaban J connectivity index is 1.66. The molecule has 1 aliphatic heterocycles. The van der Waals surface area contributed by atoms with Crippen LogP contribution in [-0.2, 0) is 10.0 Å². The number of rotatable bonds is 4. The van der Waals surface area contributed by atoms with E-state index in [4.69, 9.17) is 0 Å². The second kappa shape index (κ2) is 6.42. The molecule has 7 heteroatoms. The lowest BCUT2D eigenvalue weighted by molar-refractivity contribution is 0.384. The Hall–Kier alpha value is -2.51. The molecule has 25 heavy (non-hydrogen) atoms. The average Bonchev–Trinajstić information content (AvgIpc) is 3.33. The lowest BCUT2D eigenvalue weighted by atomic mass is 10.2. The van der Waals surface area contributed by atoms with E-state index < -0.39 is 10.0 Å². The van der Waals surface area contributed by atoms with Crippen molar-refractivity contribution < 1.29 is 8.42 Å². The molecule has 1 atom stereocenters. The molecule has 0 bridgehead atoms. The predicted octanol–water partition coefficient (Wildman–Crippen LogP) is 3.00. The first-order valence-electron chi connectivity index (χ1n) is 8.21. The molecule has 1 aromatic heterocycles. The molecule has 2 aromatic carbocycles. The number of nitrogens with zero attached hydrogens (tertiary/aromatic N) is 3. The van der Waals surface area contributed by atoms with Crippen LogP contribution in [-0.4, -0.2) is 34.4 Å². The van der Waals surface area contributed by atoms with E-state index >= 15 is 0 Å². The largest absolute Gasteiger partial charge is 0.261 e. The van der Waals surface area contributed by atoms with Gasteiger partial charge in [-0.25, -0.2) is 13.4 Å². The summed E-state index contributed by atoms with van der Waals surface area (Å²) in [6, 6.07) is 17.9. The van der Waals surface area contributed by atoms with Crippen LogP contribution in [0.3, 0.4) is 0 Å². The second-order valence-corrected chi connectivity index (χ2v) is 7.89. The molecule has 0 radical (unpaired) electrons. The minimum atomic E-state index is -3.55. The van der Waals surface area contributed by atoms with Gasteiger partial charge in [0.15, 0.2) is 5.82 Å². The van der Waals surface area contributed by atoms with E-state index in [1.165, 1.54) is 4.31 Å². The predicted molar refractivity (Wildman–Crippen MR) is 94.1 cm³/mol. The molecule has 0 spiro atoms. The third-order valence-electron chi connectivity index (χ3n) is 4.40. The van der Waals surface area contributed by atoms with Crippen molar-refractivity contribution in [3.05, 3.63) is 66.5 Å². The SMILES string of the molecule is O=S(=O)(c1ccccc1)N1CCC[C@H]1c1nc(-c2ccccc2)n[nH]1. The smallest absolute Gasteiger partial charge is 0.243 e. The van der Waals surface area contributed by atoms with E-state index in [2.05, 4.69) is 15.2 Å². The van der Waals surface area contributed by atoms with Gasteiger partial charge in [0.1, 0.15) is 5.82 Å². The second-order valence-electron chi connectivity index (χ2n) is 6.00. The summed E-state index contributed by atoms with van der Waals surface area (Å²) < 4.78 is 27.4. The van der Waals surface area contributed by atoms with Crippen LogP contribution < -0.4 is 0 Å². The van der Waals surface area contributed by atoms with Crippen LogP contribution in [0.5, 0.6) is 0 Å². The zero-order valence-electron chi connectivity index (χ0n) is 13.5. The lowest BCUT2D eigenvalue weighted by Gasteiger charge is -2.22. The summed E-state index contributed by atoms with van der Waals surface area (Å²) in [7, 11) is -3.55. The highest BCUT2D eigenvalue weighted by Gasteiger charge is 2.38. The van der Waals surface area contributed by atoms with Crippen LogP contribution in [0, 0.1) is 0 Å². The molecule has 3 aromatic rings. The zero-order valence-corrected chi connectivity index (χ0v) is 14.4. The van der Waals surface area contributed by atoms with Gasteiger partial charge in [-0.1, -0.05) is 48.5 Å². The molecule has 1 saturated heterocycles. The molecular weight excluding hydrogens is 336 g/mol. The summed E-state index contributed by atoms with van der Waals surface area (Å²) in [5.41, 5.74) is 0.903. The fourth-order valence-electron chi connectivity index (χ4n) is 3.17. The molecule has 0 aliphatic carbocycles. The van der Waals surface area contributed by atoms with Crippen LogP contribution in [0.4, 0.5) is 0 Å². The van der Waals surface area contributed by atoms with E-state index in [0.29, 0.717) is 23.1 Å². The molecular formula is C18H18N4O2S. The minimum Gasteiger partial charge on any atom is -0.261 e. The van der Waals surface area contributed by atoms with E-state index in [9.17, 15) is 8.42 Å². The third-order valence-corrected chi connectivity index (χ3v) is 6.33. The van der Waals surface area contributed by atoms with Crippen molar-refractivity contribution in [2.75, 3.05) is 6.54 Å². The Labute approximate surface area is 146 Å². The molecule has 128 valence electrons. The van der Waals surface area contributed by atoms with E-state index in [0.717, 1.165) is 18.4 Å². The fourth-order valence-corrected chi connectivity index (χ4v) is 4.85. The maximum absolute atomic E-state index is 13.0. The summed E-state index contributed by atoms with van der Waals surface area (Å²) >= 11 is 0. The maximum Gasteiger partial charge on any atom is 0.243 e. The first-order chi connectivity index (χ1) is 12.2. The van der Waals surface area contributed by atoms with E-state index in [-0.39, 0.29) is 6.04 Å². The van der Waals surface area contributed by atoms with Crippen molar-refractivity contribution in [3.8, 4) is 11.4 Å². The number of aromatic amines is 1. The van der Waals surface area contributed by atoms with Crippen molar-refractivity contribution in [3.63, 3.8) is 0 Å². The van der Waals surface area contributed by atoms with Gasteiger partial charge in [-0.3, -0.25) is 5.10 Å². The monoisotopic (exact) mass is 354 g/mol. The van der Waals surface area contributed by atoms with Gasteiger partial charge in [-0.15, -0.1) is 0 Å². The summed E-state index contributed by atoms with van der Waals surface area (Å²) in [5, 5.41) is 7.20. The standard InChI is InChI=1S/C18H18N4O2S/c23-25(24,15-10-5-2-6-11-15)22-13-7-12-16(22)18-19-17(20-21-18)14-8-3-1-4-9-14/h1-6,8-11,16H,7,12-13H2,(H,19,20,21)/t16-/m0/s1. The topological polar surface area (TPSA) is 79.0 Å². The number of hydrogen-bond acceptors (Lipinski definition) is 4. The molecule has 1 N–H and O–H groups in total. The van der Waals surface area contributed by atoms with Gasteiger partial charge < -0.3 is 0 Å². The van der Waals surface area contributed by atoms with Crippen LogP contribution >= 0.6 is 0 Å². The van der Waals surface area contributed by atoms with Gasteiger partial charge in [-0.2, -0.15) is 9.40 Å². The van der Waals surface area contributed by atoms with Crippen LogP contribution in [0.2, 0.25) is 0 Å². The number of benzene rings is 2. The van der Waals surface area contributed by atoms with Crippen molar-refractivity contribution >= 4 is 10.0 Å². The van der Waals surface area contributed by atoms with Crippen molar-refractivity contribution in [2.45, 2.75) is 23.8 Å². The molecule has 0 saturated carbocycles. The summed E-state index contributed by atoms with van der Waals surface area (Å²) in [5.74, 6) is 1.18. The number of aromatic nitrogens is 3. The zero-order chi connectivity index (χ0) is 17.3. The van der Waals surface area contributed by atoms with Crippen molar-refractivity contribution in [2.24, 2.45) is 0 Å². The summed E-state index contributed by atoms with van der Waals surface area (Å²) in [6.07, 6.45) is 1.54. The first kappa shape index (κ1) is 16.0. The Morgan fingerprint density at radius 3 is 2.40 bits per heavy atom. The molecule has 1 fully saturated rings. The Bertz CT molecular complexity index is 955. The summed E-state index contributed by atoms with van der Waals surface area (Å²) in [6.45, 7) is 0.489. The Morgan fingerprint density at radius 1 is 1.00 bits per heavy atom. The highest BCUT2D eigenvalue weighted by Crippen LogP contribution is 2.35. The maximum atomic E-state index is 13.0. The molecule has 0 amide bonds. The number of hydrogen-bond donors (Lipinski definition) is 1. The lowest BCUT2D eigenvalue weighted by Crippen LogP contribution is -2.31. The van der Waals surface area contributed by atoms with Gasteiger partial charge in [0.05, 0.1) is 10.9 Å². The fraction of sp³-hybridized carbons (Fsp3) is 0.222. The van der Waals surface area contributed by atoms with Gasteiger partial charge in [-0.05, 0) is 25.0 Å². The van der Waals surface area contributed by atoms with Gasteiger partial charge >= 0.3 is 0 Å². The normalized spacial score (nSPS) is 18.5. The van der Waals surface area contributed by atoms with E-state index in [1.54, 1.807) is 24.3 Å². The van der Waals surface area contributed by atoms with Gasteiger partial charge in [0.25, 0.3) is 0 Å². The average molecular weight is 354 g/mol. The molecule has 0 unspecified atom stereocenters. The van der Waals surface area contributed by atoms with Crippen LogP contribution in [0.15, 0.2) is 65.6 Å².